The van der Waals surface area contributed by atoms with Crippen LogP contribution in [0.1, 0.15) is 32.3 Å². The first-order valence-corrected chi connectivity index (χ1v) is 14.3. The molecule has 246 valence electrons. The molecule has 0 aliphatic carbocycles. The molecule has 0 saturated heterocycles. The monoisotopic (exact) mass is 621 g/mol. The van der Waals surface area contributed by atoms with Crippen LogP contribution in [-0.2, 0) is 30.5 Å². The van der Waals surface area contributed by atoms with Crippen LogP contribution in [0.25, 0.3) is 0 Å². The summed E-state index contributed by atoms with van der Waals surface area (Å²) in [5.74, 6) is -2.60. The third kappa shape index (κ3) is 15.2. The molecule has 1 unspecified atom stereocenters. The minimum absolute atomic E-state index is 0.0448. The number of likely N-dealkylation sites (N-methyl/N-ethyl adjacent to an activating group) is 2. The summed E-state index contributed by atoms with van der Waals surface area (Å²) in [6.45, 7) is 4.23. The Hall–Kier alpha value is -4.44. The number of anilines is 1. The zero-order valence-electron chi connectivity index (χ0n) is 26.1. The van der Waals surface area contributed by atoms with Gasteiger partial charge in [-0.25, -0.2) is 9.59 Å². The van der Waals surface area contributed by atoms with Gasteiger partial charge in [0.15, 0.2) is 0 Å². The molecular weight excluding hydrogens is 574 g/mol. The van der Waals surface area contributed by atoms with Crippen molar-refractivity contribution >= 4 is 41.4 Å². The van der Waals surface area contributed by atoms with E-state index in [1.807, 2.05) is 19.0 Å². The van der Waals surface area contributed by atoms with Crippen molar-refractivity contribution in [2.75, 3.05) is 59.2 Å². The highest BCUT2D eigenvalue weighted by Gasteiger charge is 2.29. The van der Waals surface area contributed by atoms with Crippen molar-refractivity contribution < 1.29 is 33.5 Å². The fourth-order valence-electron chi connectivity index (χ4n) is 3.67. The summed E-state index contributed by atoms with van der Waals surface area (Å²) < 4.78 is 5.34. The summed E-state index contributed by atoms with van der Waals surface area (Å²) in [5, 5.41) is 12.8. The lowest BCUT2D eigenvalue weighted by Gasteiger charge is -2.25. The molecule has 16 nitrogen and oxygen atoms in total. The van der Waals surface area contributed by atoms with Crippen molar-refractivity contribution in [1.82, 2.24) is 31.1 Å². The van der Waals surface area contributed by atoms with Crippen molar-refractivity contribution in [2.24, 2.45) is 17.4 Å². The van der Waals surface area contributed by atoms with E-state index < -0.39 is 47.8 Å². The van der Waals surface area contributed by atoms with E-state index in [0.29, 0.717) is 30.8 Å². The van der Waals surface area contributed by atoms with Crippen LogP contribution in [0.5, 0.6) is 0 Å². The molecule has 0 fully saturated rings. The number of carbonyl (C=O) groups is 6. The van der Waals surface area contributed by atoms with Gasteiger partial charge in [0.1, 0.15) is 18.7 Å². The molecule has 9 N–H and O–H groups in total. The van der Waals surface area contributed by atoms with Crippen molar-refractivity contribution in [2.45, 2.75) is 45.4 Å². The number of carbonyl (C=O) groups excluding carboxylic acids is 6. The van der Waals surface area contributed by atoms with Gasteiger partial charge in [-0.15, -0.1) is 0 Å². The molecule has 44 heavy (non-hydrogen) atoms. The third-order valence-corrected chi connectivity index (χ3v) is 6.28. The summed E-state index contributed by atoms with van der Waals surface area (Å²) >= 11 is 0. The van der Waals surface area contributed by atoms with Crippen LogP contribution in [-0.4, -0.2) is 112 Å². The molecule has 1 aromatic rings. The molecule has 0 spiro atoms. The fourth-order valence-corrected chi connectivity index (χ4v) is 3.67. The second-order valence-corrected chi connectivity index (χ2v) is 10.7. The smallest absolute Gasteiger partial charge is 0.409 e. The standard InChI is InChI=1S/C28H47N9O7/c1-18(2)24(35-23(39)16-32-22(38)15-29)26(41)34-21(7-6-12-31-27(30)42)25(40)33-20-10-8-19(9-11-20)17-44-28(43)37(5)14-13-36(3)4/h8-11,18,21,24H,6-7,12-17,29H2,1-5H3,(H,32,38)(H,33,40)(H,34,41)(H,35,39)(H3,30,31,42)/t21-,24?/m0/s1. The molecule has 0 bridgehead atoms. The van der Waals surface area contributed by atoms with Crippen LogP contribution < -0.4 is 38.1 Å². The second kappa shape index (κ2) is 19.7. The summed E-state index contributed by atoms with van der Waals surface area (Å²) in [4.78, 5) is 76.7. The summed E-state index contributed by atoms with van der Waals surface area (Å²) in [5.41, 5.74) is 11.5. The first kappa shape index (κ1) is 37.6. The fraction of sp³-hybridized carbons (Fsp3) is 0.571. The largest absolute Gasteiger partial charge is 0.445 e. The van der Waals surface area contributed by atoms with E-state index in [1.54, 1.807) is 45.2 Å². The zero-order chi connectivity index (χ0) is 33.2. The van der Waals surface area contributed by atoms with Crippen LogP contribution in [0.15, 0.2) is 24.3 Å². The Labute approximate surface area is 257 Å². The van der Waals surface area contributed by atoms with Gasteiger partial charge in [-0.2, -0.15) is 0 Å². The number of urea groups is 1. The van der Waals surface area contributed by atoms with Gasteiger partial charge in [0, 0.05) is 32.4 Å². The van der Waals surface area contributed by atoms with Gasteiger partial charge in [-0.1, -0.05) is 26.0 Å². The first-order valence-electron chi connectivity index (χ1n) is 14.3. The van der Waals surface area contributed by atoms with Crippen LogP contribution in [0, 0.1) is 5.92 Å². The normalized spacial score (nSPS) is 12.1. The van der Waals surface area contributed by atoms with E-state index in [0.717, 1.165) is 0 Å². The highest BCUT2D eigenvalue weighted by atomic mass is 16.6. The van der Waals surface area contributed by atoms with E-state index in [-0.39, 0.29) is 38.6 Å². The van der Waals surface area contributed by atoms with E-state index in [1.165, 1.54) is 4.90 Å². The Morgan fingerprint density at radius 1 is 0.886 bits per heavy atom. The molecule has 0 aliphatic rings. The van der Waals surface area contributed by atoms with Gasteiger partial charge in [0.05, 0.1) is 13.1 Å². The molecule has 0 heterocycles. The lowest BCUT2D eigenvalue weighted by molar-refractivity contribution is -0.132. The summed E-state index contributed by atoms with van der Waals surface area (Å²) in [7, 11) is 5.48. The van der Waals surface area contributed by atoms with Crippen LogP contribution in [0.4, 0.5) is 15.3 Å². The van der Waals surface area contributed by atoms with Crippen molar-refractivity contribution in [1.29, 1.82) is 0 Å². The number of rotatable bonds is 18. The lowest BCUT2D eigenvalue weighted by atomic mass is 10.0. The van der Waals surface area contributed by atoms with Gasteiger partial charge >= 0.3 is 12.1 Å². The van der Waals surface area contributed by atoms with Gasteiger partial charge < -0.3 is 52.6 Å². The third-order valence-electron chi connectivity index (χ3n) is 6.28. The van der Waals surface area contributed by atoms with E-state index in [4.69, 9.17) is 16.2 Å². The Bertz CT molecular complexity index is 1110. The first-order chi connectivity index (χ1) is 20.7. The minimum atomic E-state index is -1.02. The Morgan fingerprint density at radius 3 is 2.11 bits per heavy atom. The van der Waals surface area contributed by atoms with Crippen molar-refractivity contribution in [3.05, 3.63) is 29.8 Å². The number of primary amides is 1. The number of amides is 7. The number of nitrogens with one attached hydrogen (secondary N) is 5. The maximum atomic E-state index is 13.2. The molecule has 0 aromatic heterocycles. The number of ether oxygens (including phenoxy) is 1. The average Bonchev–Trinajstić information content (AvgIpc) is 2.97. The van der Waals surface area contributed by atoms with Crippen molar-refractivity contribution in [3.63, 3.8) is 0 Å². The summed E-state index contributed by atoms with van der Waals surface area (Å²) in [6.07, 6.45) is 0.0154. The maximum absolute atomic E-state index is 13.2. The van der Waals surface area contributed by atoms with E-state index in [2.05, 4.69) is 26.6 Å². The molecule has 0 saturated carbocycles. The lowest BCUT2D eigenvalue weighted by Crippen LogP contribution is -2.55. The quantitative estimate of drug-likeness (QED) is 0.0986. The Kier molecular flexibility index (Phi) is 16.8. The molecule has 1 aromatic carbocycles. The molecule has 0 radical (unpaired) electrons. The van der Waals surface area contributed by atoms with E-state index in [9.17, 15) is 28.8 Å². The van der Waals surface area contributed by atoms with E-state index >= 15 is 0 Å². The highest BCUT2D eigenvalue weighted by Crippen LogP contribution is 2.13. The molecular formula is C28H47N9O7. The minimum Gasteiger partial charge on any atom is -0.445 e. The highest BCUT2D eigenvalue weighted by molar-refractivity contribution is 5.98. The molecule has 16 heteroatoms. The van der Waals surface area contributed by atoms with Crippen molar-refractivity contribution in [3.8, 4) is 0 Å². The molecule has 2 atom stereocenters. The topological polar surface area (TPSA) is 230 Å². The van der Waals surface area contributed by atoms with Gasteiger partial charge in [0.25, 0.3) is 0 Å². The number of hydrogen-bond donors (Lipinski definition) is 7. The number of nitrogens with zero attached hydrogens (tertiary/aromatic N) is 2. The Balaban J connectivity index is 2.86. The predicted octanol–water partition coefficient (Wildman–Crippen LogP) is -1.10. The molecule has 0 aliphatic heterocycles. The van der Waals surface area contributed by atoms with Gasteiger partial charge in [-0.05, 0) is 50.6 Å². The predicted molar refractivity (Wildman–Crippen MR) is 164 cm³/mol. The summed E-state index contributed by atoms with van der Waals surface area (Å²) in [6, 6.07) is 3.92. The SMILES string of the molecule is CC(C)C(NC(=O)CNC(=O)CN)C(=O)N[C@@H](CCCNC(N)=O)C(=O)Nc1ccc(COC(=O)N(C)CCN(C)C)cc1. The zero-order valence-corrected chi connectivity index (χ0v) is 26.1. The molecule has 1 rings (SSSR count). The number of hydrogen-bond acceptors (Lipinski definition) is 9. The maximum Gasteiger partial charge on any atom is 0.409 e. The number of benzene rings is 1. The van der Waals surface area contributed by atoms with Gasteiger partial charge in [0.2, 0.25) is 23.6 Å². The Morgan fingerprint density at radius 2 is 1.55 bits per heavy atom. The van der Waals surface area contributed by atoms with Crippen LogP contribution in [0.2, 0.25) is 0 Å². The number of nitrogens with two attached hydrogens (primary N) is 2. The van der Waals surface area contributed by atoms with Crippen LogP contribution >= 0.6 is 0 Å². The average molecular weight is 622 g/mol. The molecule has 7 amide bonds. The second-order valence-electron chi connectivity index (χ2n) is 10.7. The van der Waals surface area contributed by atoms with Crippen LogP contribution in [0.3, 0.4) is 0 Å². The van der Waals surface area contributed by atoms with Gasteiger partial charge in [-0.3, -0.25) is 19.2 Å².